The van der Waals surface area contributed by atoms with Gasteiger partial charge in [-0.1, -0.05) is 24.1 Å². The Hall–Kier alpha value is -3.13. The van der Waals surface area contributed by atoms with Gasteiger partial charge in [-0.15, -0.1) is 0 Å². The largest absolute Gasteiger partial charge is 0.338 e. The second kappa shape index (κ2) is 8.71. The Morgan fingerprint density at radius 3 is 2.68 bits per heavy atom. The molecule has 3 aromatic rings. The van der Waals surface area contributed by atoms with Crippen molar-refractivity contribution in [2.75, 3.05) is 28.2 Å². The van der Waals surface area contributed by atoms with Crippen LogP contribution in [0.15, 0.2) is 48.7 Å². The van der Waals surface area contributed by atoms with E-state index >= 15 is 0 Å². The van der Waals surface area contributed by atoms with E-state index in [1.54, 1.807) is 24.2 Å². The lowest BCUT2D eigenvalue weighted by molar-refractivity contribution is 0.112. The highest BCUT2D eigenvalue weighted by atomic mass is 32.2. The summed E-state index contributed by atoms with van der Waals surface area (Å²) in [6.45, 7) is 1.91. The average molecular weight is 397 g/mol. The van der Waals surface area contributed by atoms with Gasteiger partial charge < -0.3 is 14.9 Å². The van der Waals surface area contributed by atoms with Crippen LogP contribution in [-0.2, 0) is 0 Å². The van der Waals surface area contributed by atoms with E-state index in [-0.39, 0.29) is 5.56 Å². The molecule has 28 heavy (non-hydrogen) atoms. The fourth-order valence-corrected chi connectivity index (χ4v) is 2.89. The Bertz CT molecular complexity index is 998. The van der Waals surface area contributed by atoms with E-state index in [9.17, 15) is 9.18 Å². The van der Waals surface area contributed by atoms with Crippen molar-refractivity contribution < 1.29 is 9.18 Å². The standard InChI is InChI=1S/C20H20FN5OS/c1-13-11-22-20(23-15-9-8-14(12-27)16(21)10-15)25-19(13)24-17-6-4-5-7-18(17)26(2)28-3/h4-12H,1-3H3,(H2,22,23,24,25). The smallest absolute Gasteiger partial charge is 0.229 e. The van der Waals surface area contributed by atoms with Crippen LogP contribution >= 0.6 is 11.9 Å². The summed E-state index contributed by atoms with van der Waals surface area (Å²) < 4.78 is 15.9. The highest BCUT2D eigenvalue weighted by Crippen LogP contribution is 2.31. The second-order valence-electron chi connectivity index (χ2n) is 6.03. The maximum absolute atomic E-state index is 13.8. The number of nitrogens with zero attached hydrogens (tertiary/aromatic N) is 3. The number of aromatic nitrogens is 2. The van der Waals surface area contributed by atoms with E-state index in [2.05, 4.69) is 24.9 Å². The molecule has 0 atom stereocenters. The van der Waals surface area contributed by atoms with Gasteiger partial charge in [0, 0.05) is 30.8 Å². The summed E-state index contributed by atoms with van der Waals surface area (Å²) in [7, 11) is 1.99. The molecule has 0 aliphatic carbocycles. The van der Waals surface area contributed by atoms with Gasteiger partial charge in [0.15, 0.2) is 6.29 Å². The SMILES string of the molecule is CSN(C)c1ccccc1Nc1nc(Nc2ccc(C=O)c(F)c2)ncc1C. The highest BCUT2D eigenvalue weighted by molar-refractivity contribution is 7.99. The number of para-hydroxylation sites is 2. The summed E-state index contributed by atoms with van der Waals surface area (Å²) in [6, 6.07) is 12.2. The summed E-state index contributed by atoms with van der Waals surface area (Å²) >= 11 is 1.60. The third kappa shape index (κ3) is 4.40. The fraction of sp³-hybridized carbons (Fsp3) is 0.150. The van der Waals surface area contributed by atoms with E-state index in [1.165, 1.54) is 12.1 Å². The first-order valence-corrected chi connectivity index (χ1v) is 9.69. The van der Waals surface area contributed by atoms with Gasteiger partial charge in [-0.05, 0) is 37.3 Å². The summed E-state index contributed by atoms with van der Waals surface area (Å²) in [6.07, 6.45) is 4.17. The molecule has 0 aliphatic heterocycles. The minimum Gasteiger partial charge on any atom is -0.338 e. The molecule has 0 saturated carbocycles. The Labute approximate surface area is 167 Å². The Morgan fingerprint density at radius 2 is 1.96 bits per heavy atom. The molecule has 0 spiro atoms. The number of benzene rings is 2. The number of hydrogen-bond donors (Lipinski definition) is 2. The number of carbonyl (C=O) groups is 1. The number of halogens is 1. The molecule has 3 rings (SSSR count). The molecule has 0 aliphatic rings. The van der Waals surface area contributed by atoms with Crippen molar-refractivity contribution in [3.8, 4) is 0 Å². The number of aldehydes is 1. The van der Waals surface area contributed by atoms with Crippen molar-refractivity contribution in [3.05, 3.63) is 65.6 Å². The normalized spacial score (nSPS) is 10.4. The quantitative estimate of drug-likeness (QED) is 0.432. The van der Waals surface area contributed by atoms with Crippen LogP contribution in [0.2, 0.25) is 0 Å². The van der Waals surface area contributed by atoms with Crippen LogP contribution in [0.25, 0.3) is 0 Å². The Balaban J connectivity index is 1.87. The molecule has 1 heterocycles. The van der Waals surface area contributed by atoms with Crippen LogP contribution in [-0.4, -0.2) is 29.6 Å². The molecular formula is C20H20FN5OS. The van der Waals surface area contributed by atoms with Gasteiger partial charge >= 0.3 is 0 Å². The van der Waals surface area contributed by atoms with Crippen LogP contribution < -0.4 is 14.9 Å². The predicted molar refractivity (Wildman–Crippen MR) is 113 cm³/mol. The summed E-state index contributed by atoms with van der Waals surface area (Å²) in [5.74, 6) is 0.367. The van der Waals surface area contributed by atoms with Crippen molar-refractivity contribution in [2.24, 2.45) is 0 Å². The molecule has 0 radical (unpaired) electrons. The third-order valence-electron chi connectivity index (χ3n) is 4.13. The van der Waals surface area contributed by atoms with E-state index in [0.29, 0.717) is 23.7 Å². The molecule has 1 aromatic heterocycles. The predicted octanol–water partition coefficient (Wildman–Crippen LogP) is 4.94. The van der Waals surface area contributed by atoms with Gasteiger partial charge in [-0.2, -0.15) is 4.98 Å². The van der Waals surface area contributed by atoms with Crippen LogP contribution in [0, 0.1) is 12.7 Å². The first-order valence-electron chi connectivity index (χ1n) is 8.51. The third-order valence-corrected chi connectivity index (χ3v) is 4.87. The van der Waals surface area contributed by atoms with Crippen molar-refractivity contribution >= 4 is 47.1 Å². The van der Waals surface area contributed by atoms with Gasteiger partial charge in [0.05, 0.1) is 16.9 Å². The monoisotopic (exact) mass is 397 g/mol. The first kappa shape index (κ1) is 19.6. The van der Waals surface area contributed by atoms with Crippen molar-refractivity contribution in [3.63, 3.8) is 0 Å². The second-order valence-corrected chi connectivity index (χ2v) is 6.94. The number of aryl methyl sites for hydroxylation is 1. The Morgan fingerprint density at radius 1 is 1.18 bits per heavy atom. The molecule has 0 fully saturated rings. The lowest BCUT2D eigenvalue weighted by Crippen LogP contribution is -2.09. The molecular weight excluding hydrogens is 377 g/mol. The van der Waals surface area contributed by atoms with Crippen LogP contribution in [0.5, 0.6) is 0 Å². The molecule has 0 saturated heterocycles. The lowest BCUT2D eigenvalue weighted by atomic mass is 10.2. The summed E-state index contributed by atoms with van der Waals surface area (Å²) in [5, 5.41) is 6.31. The van der Waals surface area contributed by atoms with E-state index in [1.807, 2.05) is 44.5 Å². The van der Waals surface area contributed by atoms with Gasteiger partial charge in [0.25, 0.3) is 0 Å². The molecule has 144 valence electrons. The van der Waals surface area contributed by atoms with E-state index in [4.69, 9.17) is 0 Å². The zero-order valence-electron chi connectivity index (χ0n) is 15.7. The molecule has 0 amide bonds. The number of carbonyl (C=O) groups excluding carboxylic acids is 1. The minimum atomic E-state index is -0.598. The van der Waals surface area contributed by atoms with Crippen LogP contribution in [0.1, 0.15) is 15.9 Å². The number of anilines is 5. The maximum Gasteiger partial charge on any atom is 0.229 e. The summed E-state index contributed by atoms with van der Waals surface area (Å²) in [5.41, 5.74) is 3.27. The average Bonchev–Trinajstić information content (AvgIpc) is 2.70. The van der Waals surface area contributed by atoms with Crippen molar-refractivity contribution in [2.45, 2.75) is 6.92 Å². The first-order chi connectivity index (χ1) is 13.5. The van der Waals surface area contributed by atoms with Gasteiger partial charge in [-0.3, -0.25) is 4.79 Å². The van der Waals surface area contributed by atoms with E-state index < -0.39 is 5.82 Å². The Kier molecular flexibility index (Phi) is 6.10. The van der Waals surface area contributed by atoms with Gasteiger partial charge in [0.1, 0.15) is 11.6 Å². The minimum absolute atomic E-state index is 0.00671. The highest BCUT2D eigenvalue weighted by Gasteiger charge is 2.10. The van der Waals surface area contributed by atoms with Gasteiger partial charge in [-0.25, -0.2) is 9.37 Å². The number of nitrogens with one attached hydrogen (secondary N) is 2. The lowest BCUT2D eigenvalue weighted by Gasteiger charge is -2.20. The zero-order valence-corrected chi connectivity index (χ0v) is 16.5. The van der Waals surface area contributed by atoms with Crippen molar-refractivity contribution in [1.29, 1.82) is 0 Å². The number of hydrogen-bond acceptors (Lipinski definition) is 7. The molecule has 2 N–H and O–H groups in total. The topological polar surface area (TPSA) is 70.2 Å². The molecule has 0 bridgehead atoms. The van der Waals surface area contributed by atoms with Crippen LogP contribution in [0.4, 0.5) is 33.2 Å². The fourth-order valence-electron chi connectivity index (χ4n) is 2.54. The maximum atomic E-state index is 13.8. The molecule has 2 aromatic carbocycles. The zero-order chi connectivity index (χ0) is 20.1. The van der Waals surface area contributed by atoms with Gasteiger partial charge in [0.2, 0.25) is 5.95 Å². The molecule has 8 heteroatoms. The van der Waals surface area contributed by atoms with E-state index in [0.717, 1.165) is 16.9 Å². The van der Waals surface area contributed by atoms with Crippen molar-refractivity contribution in [1.82, 2.24) is 9.97 Å². The number of rotatable bonds is 7. The van der Waals surface area contributed by atoms with Crippen LogP contribution in [0.3, 0.4) is 0 Å². The molecule has 0 unspecified atom stereocenters. The molecule has 6 nitrogen and oxygen atoms in total. The summed E-state index contributed by atoms with van der Waals surface area (Å²) in [4.78, 5) is 19.5.